The Morgan fingerprint density at radius 2 is 1.88 bits per heavy atom. The van der Waals surface area contributed by atoms with Crippen LogP contribution in [0.2, 0.25) is 0 Å². The fourth-order valence-electron chi connectivity index (χ4n) is 1.41. The van der Waals surface area contributed by atoms with Crippen molar-refractivity contribution in [2.24, 2.45) is 0 Å². The zero-order valence-corrected chi connectivity index (χ0v) is 10.8. The van der Waals surface area contributed by atoms with Crippen molar-refractivity contribution in [2.75, 3.05) is 5.88 Å². The van der Waals surface area contributed by atoms with E-state index < -0.39 is 0 Å². The molecule has 1 aromatic heterocycles. The molecule has 0 bridgehead atoms. The SMILES string of the molecule is Cc1nc2ccccc2nc1SC(C)CCl. The number of hydrogen-bond acceptors (Lipinski definition) is 3. The van der Waals surface area contributed by atoms with E-state index in [1.165, 1.54) is 0 Å². The first kappa shape index (κ1) is 11.7. The van der Waals surface area contributed by atoms with Crippen molar-refractivity contribution >= 4 is 34.4 Å². The summed E-state index contributed by atoms with van der Waals surface area (Å²) in [5.41, 5.74) is 2.86. The van der Waals surface area contributed by atoms with Crippen LogP contribution in [0.5, 0.6) is 0 Å². The van der Waals surface area contributed by atoms with E-state index in [-0.39, 0.29) is 0 Å². The van der Waals surface area contributed by atoms with Gasteiger partial charge in [-0.3, -0.25) is 0 Å². The summed E-state index contributed by atoms with van der Waals surface area (Å²) in [6.07, 6.45) is 0. The summed E-state index contributed by atoms with van der Waals surface area (Å²) in [4.78, 5) is 9.14. The molecule has 0 saturated carbocycles. The second kappa shape index (κ2) is 5.02. The van der Waals surface area contributed by atoms with E-state index in [2.05, 4.69) is 16.9 Å². The summed E-state index contributed by atoms with van der Waals surface area (Å²) in [6, 6.07) is 7.92. The molecule has 2 rings (SSSR count). The Labute approximate surface area is 104 Å². The van der Waals surface area contributed by atoms with Gasteiger partial charge in [-0.1, -0.05) is 19.1 Å². The lowest BCUT2D eigenvalue weighted by molar-refractivity contribution is 1.02. The molecule has 1 unspecified atom stereocenters. The average Bonchev–Trinajstić information content (AvgIpc) is 2.30. The monoisotopic (exact) mass is 252 g/mol. The normalized spacial score (nSPS) is 12.9. The highest BCUT2D eigenvalue weighted by atomic mass is 35.5. The number of para-hydroxylation sites is 2. The van der Waals surface area contributed by atoms with Gasteiger partial charge in [0.15, 0.2) is 0 Å². The minimum atomic E-state index is 0.357. The van der Waals surface area contributed by atoms with Crippen LogP contribution in [0.15, 0.2) is 29.3 Å². The van der Waals surface area contributed by atoms with E-state index in [1.54, 1.807) is 11.8 Å². The predicted octanol–water partition coefficient (Wildman–Crippen LogP) is 3.66. The quantitative estimate of drug-likeness (QED) is 0.616. The lowest BCUT2D eigenvalue weighted by Crippen LogP contribution is -2.00. The first-order chi connectivity index (χ1) is 7.70. The molecule has 0 aliphatic rings. The molecule has 16 heavy (non-hydrogen) atoms. The number of aryl methyl sites for hydroxylation is 1. The molecule has 0 N–H and O–H groups in total. The maximum absolute atomic E-state index is 5.80. The van der Waals surface area contributed by atoms with Crippen LogP contribution in [0.25, 0.3) is 11.0 Å². The fourth-order valence-corrected chi connectivity index (χ4v) is 2.41. The number of fused-ring (bicyclic) bond motifs is 1. The number of halogens is 1. The van der Waals surface area contributed by atoms with Gasteiger partial charge in [-0.15, -0.1) is 23.4 Å². The standard InChI is InChI=1S/C12H13ClN2S/c1-8(7-13)16-12-9(2)14-10-5-3-4-6-11(10)15-12/h3-6,8H,7H2,1-2H3. The van der Waals surface area contributed by atoms with Crippen molar-refractivity contribution in [1.82, 2.24) is 9.97 Å². The lowest BCUT2D eigenvalue weighted by Gasteiger charge is -2.09. The van der Waals surface area contributed by atoms with Gasteiger partial charge in [0.1, 0.15) is 5.03 Å². The van der Waals surface area contributed by atoms with Crippen molar-refractivity contribution in [3.05, 3.63) is 30.0 Å². The van der Waals surface area contributed by atoms with Gasteiger partial charge in [-0.25, -0.2) is 9.97 Å². The highest BCUT2D eigenvalue weighted by Gasteiger charge is 2.09. The average molecular weight is 253 g/mol. The first-order valence-corrected chi connectivity index (χ1v) is 6.58. The van der Waals surface area contributed by atoms with Crippen LogP contribution in [0.1, 0.15) is 12.6 Å². The Morgan fingerprint density at radius 1 is 1.25 bits per heavy atom. The number of aromatic nitrogens is 2. The number of alkyl halides is 1. The second-order valence-corrected chi connectivity index (χ2v) is 5.42. The van der Waals surface area contributed by atoms with Crippen LogP contribution in [0, 0.1) is 6.92 Å². The molecular formula is C12H13ClN2S. The van der Waals surface area contributed by atoms with Crippen molar-refractivity contribution in [3.8, 4) is 0 Å². The van der Waals surface area contributed by atoms with Crippen LogP contribution in [-0.2, 0) is 0 Å². The minimum absolute atomic E-state index is 0.357. The maximum Gasteiger partial charge on any atom is 0.118 e. The van der Waals surface area contributed by atoms with Crippen molar-refractivity contribution in [2.45, 2.75) is 24.1 Å². The van der Waals surface area contributed by atoms with E-state index in [9.17, 15) is 0 Å². The van der Waals surface area contributed by atoms with Gasteiger partial charge in [-0.05, 0) is 19.1 Å². The van der Waals surface area contributed by atoms with Gasteiger partial charge < -0.3 is 0 Å². The topological polar surface area (TPSA) is 25.8 Å². The number of benzene rings is 1. The molecule has 1 aromatic carbocycles. The largest absolute Gasteiger partial charge is 0.249 e. The Morgan fingerprint density at radius 3 is 2.50 bits per heavy atom. The molecule has 84 valence electrons. The lowest BCUT2D eigenvalue weighted by atomic mass is 10.3. The van der Waals surface area contributed by atoms with Crippen molar-refractivity contribution < 1.29 is 0 Å². The Hall–Kier alpha value is -0.800. The molecule has 0 amide bonds. The van der Waals surface area contributed by atoms with Crippen LogP contribution >= 0.6 is 23.4 Å². The van der Waals surface area contributed by atoms with E-state index in [0.717, 1.165) is 21.8 Å². The molecule has 0 fully saturated rings. The minimum Gasteiger partial charge on any atom is -0.249 e. The van der Waals surface area contributed by atoms with Crippen molar-refractivity contribution in [3.63, 3.8) is 0 Å². The third-order valence-corrected chi connectivity index (χ3v) is 4.06. The molecule has 0 saturated heterocycles. The first-order valence-electron chi connectivity index (χ1n) is 5.16. The van der Waals surface area contributed by atoms with Gasteiger partial charge in [0.05, 0.1) is 16.7 Å². The van der Waals surface area contributed by atoms with E-state index >= 15 is 0 Å². The molecule has 1 atom stereocenters. The molecule has 2 nitrogen and oxygen atoms in total. The summed E-state index contributed by atoms with van der Waals surface area (Å²) in [5.74, 6) is 0.624. The van der Waals surface area contributed by atoms with E-state index in [0.29, 0.717) is 11.1 Å². The highest BCUT2D eigenvalue weighted by Crippen LogP contribution is 2.26. The molecule has 2 aromatic rings. The van der Waals surface area contributed by atoms with Crippen LogP contribution in [0.3, 0.4) is 0 Å². The number of nitrogens with zero attached hydrogens (tertiary/aromatic N) is 2. The Balaban J connectivity index is 2.42. The fraction of sp³-hybridized carbons (Fsp3) is 0.333. The molecule has 0 radical (unpaired) electrons. The summed E-state index contributed by atoms with van der Waals surface area (Å²) in [6.45, 7) is 4.08. The van der Waals surface area contributed by atoms with Crippen LogP contribution in [-0.4, -0.2) is 21.1 Å². The second-order valence-electron chi connectivity index (χ2n) is 3.69. The summed E-state index contributed by atoms with van der Waals surface area (Å²) < 4.78 is 0. The van der Waals surface area contributed by atoms with E-state index in [1.807, 2.05) is 31.2 Å². The predicted molar refractivity (Wildman–Crippen MR) is 70.3 cm³/mol. The number of thioether (sulfide) groups is 1. The van der Waals surface area contributed by atoms with Gasteiger partial charge in [0.25, 0.3) is 0 Å². The van der Waals surface area contributed by atoms with Crippen LogP contribution < -0.4 is 0 Å². The molecule has 4 heteroatoms. The Bertz CT molecular complexity index is 501. The molecule has 0 aliphatic heterocycles. The molecule has 0 spiro atoms. The third-order valence-electron chi connectivity index (χ3n) is 2.23. The summed E-state index contributed by atoms with van der Waals surface area (Å²) in [5, 5.41) is 1.34. The van der Waals surface area contributed by atoms with Gasteiger partial charge in [-0.2, -0.15) is 0 Å². The van der Waals surface area contributed by atoms with Crippen molar-refractivity contribution in [1.29, 1.82) is 0 Å². The van der Waals surface area contributed by atoms with Gasteiger partial charge >= 0.3 is 0 Å². The highest BCUT2D eigenvalue weighted by molar-refractivity contribution is 8.00. The number of rotatable bonds is 3. The molecular weight excluding hydrogens is 240 g/mol. The smallest absolute Gasteiger partial charge is 0.118 e. The van der Waals surface area contributed by atoms with Gasteiger partial charge in [0.2, 0.25) is 0 Å². The summed E-state index contributed by atoms with van der Waals surface area (Å²) >= 11 is 7.48. The van der Waals surface area contributed by atoms with Crippen LogP contribution in [0.4, 0.5) is 0 Å². The number of hydrogen-bond donors (Lipinski definition) is 0. The maximum atomic E-state index is 5.80. The summed E-state index contributed by atoms with van der Waals surface area (Å²) in [7, 11) is 0. The third kappa shape index (κ3) is 2.47. The zero-order chi connectivity index (χ0) is 11.5. The Kier molecular flexibility index (Phi) is 3.66. The van der Waals surface area contributed by atoms with E-state index in [4.69, 9.17) is 11.6 Å². The molecule has 1 heterocycles. The molecule has 0 aliphatic carbocycles. The van der Waals surface area contributed by atoms with Gasteiger partial charge in [0, 0.05) is 11.1 Å². The zero-order valence-electron chi connectivity index (χ0n) is 9.27.